The molecule has 0 aliphatic carbocycles. The van der Waals surface area contributed by atoms with E-state index in [1.165, 1.54) is 43.5 Å². The van der Waals surface area contributed by atoms with Gasteiger partial charge in [0.25, 0.3) is 5.91 Å². The molecule has 0 unspecified atom stereocenters. The second-order valence-corrected chi connectivity index (χ2v) is 4.92. The van der Waals surface area contributed by atoms with Crippen molar-refractivity contribution in [1.82, 2.24) is 0 Å². The maximum Gasteiger partial charge on any atom is 0.416 e. The van der Waals surface area contributed by atoms with E-state index < -0.39 is 23.6 Å². The van der Waals surface area contributed by atoms with Crippen LogP contribution < -0.4 is 10.1 Å². The molecule has 0 atom stereocenters. The Morgan fingerprint density at radius 3 is 2.36 bits per heavy atom. The van der Waals surface area contributed by atoms with Crippen molar-refractivity contribution in [2.75, 3.05) is 19.0 Å². The lowest BCUT2D eigenvalue weighted by Crippen LogP contribution is -2.14. The molecule has 2 rings (SSSR count). The van der Waals surface area contributed by atoms with Gasteiger partial charge in [-0.25, -0.2) is 4.79 Å². The zero-order valence-corrected chi connectivity index (χ0v) is 13.1. The Morgan fingerprint density at radius 1 is 1.08 bits per heavy atom. The highest BCUT2D eigenvalue weighted by Crippen LogP contribution is 2.30. The van der Waals surface area contributed by atoms with E-state index in [1.54, 1.807) is 0 Å². The molecule has 1 amide bonds. The molecular formula is C17H14F3NO4. The molecule has 0 fully saturated rings. The normalized spacial score (nSPS) is 10.9. The quantitative estimate of drug-likeness (QED) is 0.836. The zero-order valence-electron chi connectivity index (χ0n) is 13.1. The van der Waals surface area contributed by atoms with Crippen LogP contribution in [-0.2, 0) is 15.7 Å². The van der Waals surface area contributed by atoms with Crippen molar-refractivity contribution in [3.05, 3.63) is 59.7 Å². The van der Waals surface area contributed by atoms with Crippen LogP contribution in [0.3, 0.4) is 0 Å². The van der Waals surface area contributed by atoms with Gasteiger partial charge < -0.3 is 14.8 Å². The molecule has 8 heteroatoms. The molecule has 2 aromatic rings. The molecule has 0 saturated carbocycles. The molecule has 132 valence electrons. The van der Waals surface area contributed by atoms with Gasteiger partial charge in [0, 0.05) is 11.3 Å². The average molecular weight is 353 g/mol. The number of amides is 1. The first-order valence-electron chi connectivity index (χ1n) is 7.08. The summed E-state index contributed by atoms with van der Waals surface area (Å²) < 4.78 is 47.6. The largest absolute Gasteiger partial charge is 0.482 e. The highest BCUT2D eigenvalue weighted by Gasteiger charge is 2.30. The average Bonchev–Trinajstić information content (AvgIpc) is 2.59. The van der Waals surface area contributed by atoms with E-state index in [0.29, 0.717) is 5.75 Å². The van der Waals surface area contributed by atoms with Gasteiger partial charge >= 0.3 is 12.1 Å². The van der Waals surface area contributed by atoms with Crippen molar-refractivity contribution in [3.8, 4) is 5.75 Å². The minimum atomic E-state index is -4.49. The first-order chi connectivity index (χ1) is 11.8. The molecule has 2 aromatic carbocycles. The van der Waals surface area contributed by atoms with E-state index in [0.717, 1.165) is 12.1 Å². The number of halogens is 3. The summed E-state index contributed by atoms with van der Waals surface area (Å²) in [5, 5.41) is 2.40. The lowest BCUT2D eigenvalue weighted by atomic mass is 10.1. The van der Waals surface area contributed by atoms with Crippen LogP contribution in [0.1, 0.15) is 15.9 Å². The maximum absolute atomic E-state index is 12.7. The van der Waals surface area contributed by atoms with Crippen LogP contribution in [0, 0.1) is 0 Å². The van der Waals surface area contributed by atoms with Crippen molar-refractivity contribution in [3.63, 3.8) is 0 Å². The van der Waals surface area contributed by atoms with Gasteiger partial charge in [-0.1, -0.05) is 6.07 Å². The van der Waals surface area contributed by atoms with E-state index in [-0.39, 0.29) is 17.9 Å². The van der Waals surface area contributed by atoms with Gasteiger partial charge in [-0.3, -0.25) is 4.79 Å². The van der Waals surface area contributed by atoms with Crippen LogP contribution in [0.15, 0.2) is 48.5 Å². The molecule has 0 bridgehead atoms. The molecule has 0 radical (unpaired) electrons. The Balaban J connectivity index is 2.02. The van der Waals surface area contributed by atoms with Crippen LogP contribution in [0.5, 0.6) is 5.75 Å². The Bertz CT molecular complexity index is 757. The number of rotatable bonds is 5. The minimum absolute atomic E-state index is 0.0332. The van der Waals surface area contributed by atoms with Gasteiger partial charge in [-0.15, -0.1) is 0 Å². The molecule has 1 N–H and O–H groups in total. The number of nitrogens with one attached hydrogen (secondary N) is 1. The number of alkyl halides is 3. The maximum atomic E-state index is 12.7. The minimum Gasteiger partial charge on any atom is -0.482 e. The molecule has 0 saturated heterocycles. The molecule has 0 aliphatic rings. The second kappa shape index (κ2) is 7.69. The van der Waals surface area contributed by atoms with Gasteiger partial charge in [0.1, 0.15) is 5.75 Å². The molecule has 0 heterocycles. The van der Waals surface area contributed by atoms with Gasteiger partial charge in [0.05, 0.1) is 12.7 Å². The van der Waals surface area contributed by atoms with Gasteiger partial charge in [-0.2, -0.15) is 13.2 Å². The van der Waals surface area contributed by atoms with E-state index in [9.17, 15) is 22.8 Å². The fourth-order valence-electron chi connectivity index (χ4n) is 1.88. The molecule has 5 nitrogen and oxygen atoms in total. The fourth-order valence-corrected chi connectivity index (χ4v) is 1.88. The first-order valence-corrected chi connectivity index (χ1v) is 7.08. The lowest BCUT2D eigenvalue weighted by Gasteiger charge is -2.10. The Kier molecular flexibility index (Phi) is 5.63. The number of benzene rings is 2. The van der Waals surface area contributed by atoms with Crippen LogP contribution in [-0.4, -0.2) is 25.6 Å². The smallest absolute Gasteiger partial charge is 0.416 e. The fraction of sp³-hybridized carbons (Fsp3) is 0.176. The number of anilines is 1. The molecular weight excluding hydrogens is 339 g/mol. The standard InChI is InChI=1S/C17H14F3NO4/c1-24-15(22)10-25-14-7-5-11(6-8-14)16(23)21-13-4-2-3-12(9-13)17(18,19)20/h2-9H,10H2,1H3,(H,21,23). The summed E-state index contributed by atoms with van der Waals surface area (Å²) >= 11 is 0. The van der Waals surface area contributed by atoms with Crippen molar-refractivity contribution >= 4 is 17.6 Å². The SMILES string of the molecule is COC(=O)COc1ccc(C(=O)Nc2cccc(C(F)(F)F)c2)cc1. The monoisotopic (exact) mass is 353 g/mol. The van der Waals surface area contributed by atoms with Crippen molar-refractivity contribution < 1.29 is 32.2 Å². The molecule has 0 spiro atoms. The van der Waals surface area contributed by atoms with Crippen LogP contribution >= 0.6 is 0 Å². The molecule has 0 aromatic heterocycles. The third kappa shape index (κ3) is 5.23. The van der Waals surface area contributed by atoms with Gasteiger partial charge in [0.15, 0.2) is 6.61 Å². The number of esters is 1. The zero-order chi connectivity index (χ0) is 18.4. The predicted octanol–water partition coefficient (Wildman–Crippen LogP) is 3.51. The summed E-state index contributed by atoms with van der Waals surface area (Å²) in [6.45, 7) is -0.272. The Morgan fingerprint density at radius 2 is 1.76 bits per heavy atom. The van der Waals surface area contributed by atoms with Crippen LogP contribution in [0.4, 0.5) is 18.9 Å². The summed E-state index contributed by atoms with van der Waals surface area (Å²) in [6, 6.07) is 10.1. The first kappa shape index (κ1) is 18.3. The number of carbonyl (C=O) groups is 2. The van der Waals surface area contributed by atoms with E-state index in [4.69, 9.17) is 4.74 Å². The number of methoxy groups -OCH3 is 1. The summed E-state index contributed by atoms with van der Waals surface area (Å²) in [6.07, 6.45) is -4.49. The van der Waals surface area contributed by atoms with Crippen LogP contribution in [0.2, 0.25) is 0 Å². The van der Waals surface area contributed by atoms with Crippen molar-refractivity contribution in [1.29, 1.82) is 0 Å². The van der Waals surface area contributed by atoms with E-state index in [2.05, 4.69) is 10.1 Å². The van der Waals surface area contributed by atoms with Crippen molar-refractivity contribution in [2.45, 2.75) is 6.18 Å². The summed E-state index contributed by atoms with van der Waals surface area (Å²) in [5.41, 5.74) is -0.592. The molecule has 25 heavy (non-hydrogen) atoms. The number of ether oxygens (including phenoxy) is 2. The lowest BCUT2D eigenvalue weighted by molar-refractivity contribution is -0.143. The van der Waals surface area contributed by atoms with E-state index in [1.807, 2.05) is 0 Å². The Hall–Kier alpha value is -3.03. The third-order valence-electron chi connectivity index (χ3n) is 3.15. The highest BCUT2D eigenvalue weighted by atomic mass is 19.4. The second-order valence-electron chi connectivity index (χ2n) is 4.92. The van der Waals surface area contributed by atoms with E-state index >= 15 is 0 Å². The van der Waals surface area contributed by atoms with Gasteiger partial charge in [-0.05, 0) is 42.5 Å². The van der Waals surface area contributed by atoms with Crippen molar-refractivity contribution in [2.24, 2.45) is 0 Å². The summed E-state index contributed by atoms with van der Waals surface area (Å²) in [7, 11) is 1.23. The highest BCUT2D eigenvalue weighted by molar-refractivity contribution is 6.04. The summed E-state index contributed by atoms with van der Waals surface area (Å²) in [5.74, 6) is -0.772. The number of carbonyl (C=O) groups excluding carboxylic acids is 2. The number of hydrogen-bond acceptors (Lipinski definition) is 4. The predicted molar refractivity (Wildman–Crippen MR) is 83.4 cm³/mol. The third-order valence-corrected chi connectivity index (χ3v) is 3.15. The van der Waals surface area contributed by atoms with Gasteiger partial charge in [0.2, 0.25) is 0 Å². The summed E-state index contributed by atoms with van der Waals surface area (Å²) in [4.78, 5) is 23.1. The number of hydrogen-bond donors (Lipinski definition) is 1. The topological polar surface area (TPSA) is 64.6 Å². The van der Waals surface area contributed by atoms with Crippen LogP contribution in [0.25, 0.3) is 0 Å². The Labute approximate surface area is 141 Å². The molecule has 0 aliphatic heterocycles.